The Morgan fingerprint density at radius 1 is 0.857 bits per heavy atom. The number of nitrogens with zero attached hydrogens (tertiary/aromatic N) is 1. The molecule has 2 aliphatic heterocycles. The van der Waals surface area contributed by atoms with E-state index in [-0.39, 0.29) is 6.71 Å². The number of anilines is 2. The van der Waals surface area contributed by atoms with E-state index in [1.807, 2.05) is 12.3 Å². The fraction of sp³-hybridized carbons (Fsp3) is 0.0690. The summed E-state index contributed by atoms with van der Waals surface area (Å²) in [7, 11) is 2.07. The number of nitrogens with one attached hydrogen (secondary N) is 2. The van der Waals surface area contributed by atoms with Crippen LogP contribution in [-0.4, -0.2) is 11.7 Å². The van der Waals surface area contributed by atoms with Gasteiger partial charge in [-0.2, -0.15) is 0 Å². The van der Waals surface area contributed by atoms with E-state index in [4.69, 9.17) is 9.15 Å². The van der Waals surface area contributed by atoms with Crippen LogP contribution in [0, 0.1) is 6.92 Å². The molecule has 2 N–H and O–H groups in total. The number of aryl methyl sites for hydroxylation is 2. The van der Waals surface area contributed by atoms with E-state index < -0.39 is 0 Å². The molecule has 6 aromatic rings. The maximum absolute atomic E-state index is 6.73. The van der Waals surface area contributed by atoms with Crippen LogP contribution in [0.15, 0.2) is 83.5 Å². The summed E-state index contributed by atoms with van der Waals surface area (Å²) in [6, 6.07) is 23.5. The highest BCUT2D eigenvalue weighted by Gasteiger charge is 2.41. The lowest BCUT2D eigenvalue weighted by molar-refractivity contribution is -0.660. The molecule has 0 saturated carbocycles. The largest absolute Gasteiger partial charge is 0.453 e. The Hall–Kier alpha value is -4.45. The monoisotopic (exact) mass is 454 g/mol. The molecule has 0 spiro atoms. The van der Waals surface area contributed by atoms with Gasteiger partial charge in [0.2, 0.25) is 5.69 Å². The highest BCUT2D eigenvalue weighted by atomic mass is 16.5. The predicted molar refractivity (Wildman–Crippen MR) is 140 cm³/mol. The van der Waals surface area contributed by atoms with Crippen molar-refractivity contribution in [1.82, 2.24) is 4.98 Å². The number of benzene rings is 3. The van der Waals surface area contributed by atoms with Gasteiger partial charge in [-0.1, -0.05) is 42.5 Å². The molecule has 6 heteroatoms. The zero-order valence-corrected chi connectivity index (χ0v) is 19.3. The van der Waals surface area contributed by atoms with E-state index in [9.17, 15) is 0 Å². The fourth-order valence-corrected chi connectivity index (χ4v) is 5.90. The standard InChI is InChI=1S/C29H21BN3O2/c1-16-10-11-17-18-12-13-20-28(27(18)35-26(17)24(16)22-9-5-6-14-33(22)2)34-23-15-31-29-25(23)30(20)19-7-3-4-8-21(19)32-29/h3-15,31-32H,1-2H3/q+1. The number of furan rings is 1. The Balaban J connectivity index is 1.44. The van der Waals surface area contributed by atoms with Gasteiger partial charge in [0, 0.05) is 40.3 Å². The Kier molecular flexibility index (Phi) is 3.55. The molecule has 0 amide bonds. The smallest absolute Gasteiger partial charge is 0.258 e. The van der Waals surface area contributed by atoms with E-state index in [0.717, 1.165) is 67.1 Å². The molecule has 8 rings (SSSR count). The molecule has 0 aliphatic carbocycles. The summed E-state index contributed by atoms with van der Waals surface area (Å²) in [6.07, 6.45) is 4.02. The van der Waals surface area contributed by atoms with Crippen LogP contribution in [0.2, 0.25) is 0 Å². The number of hydrogen-bond acceptors (Lipinski definition) is 3. The minimum Gasteiger partial charge on any atom is -0.453 e. The van der Waals surface area contributed by atoms with E-state index in [2.05, 4.69) is 95.7 Å². The molecule has 0 atom stereocenters. The van der Waals surface area contributed by atoms with Crippen molar-refractivity contribution in [3.05, 3.63) is 84.7 Å². The Morgan fingerprint density at radius 3 is 2.60 bits per heavy atom. The number of rotatable bonds is 1. The number of pyridine rings is 1. The van der Waals surface area contributed by atoms with Crippen molar-refractivity contribution in [2.24, 2.45) is 7.05 Å². The van der Waals surface area contributed by atoms with Crippen LogP contribution in [-0.2, 0) is 7.05 Å². The molecule has 3 aromatic carbocycles. The first-order valence-corrected chi connectivity index (χ1v) is 11.9. The lowest BCUT2D eigenvalue weighted by atomic mass is 9.35. The van der Waals surface area contributed by atoms with E-state index in [1.165, 1.54) is 11.0 Å². The van der Waals surface area contributed by atoms with Crippen molar-refractivity contribution < 1.29 is 13.7 Å². The van der Waals surface area contributed by atoms with Gasteiger partial charge in [0.05, 0.1) is 5.56 Å². The number of para-hydroxylation sites is 1. The highest BCUT2D eigenvalue weighted by molar-refractivity contribution is 6.99. The van der Waals surface area contributed by atoms with Gasteiger partial charge in [0.25, 0.3) is 6.71 Å². The minimum atomic E-state index is 0.0817. The number of aromatic nitrogens is 2. The average Bonchev–Trinajstić information content (AvgIpc) is 3.46. The predicted octanol–water partition coefficient (Wildman–Crippen LogP) is 4.39. The first-order chi connectivity index (χ1) is 17.2. The van der Waals surface area contributed by atoms with Crippen LogP contribution < -0.4 is 31.0 Å². The topological polar surface area (TPSA) is 54.1 Å². The second-order valence-electron chi connectivity index (χ2n) is 9.48. The third kappa shape index (κ3) is 2.41. The SMILES string of the molecule is Cc1ccc2c(oc3c4c(ccc32)B2c3ccccc3Nc3[nH]cc(c32)O4)c1-c1cccc[n+]1C. The maximum atomic E-state index is 6.73. The molecular formula is C29H21BN3O2+. The Labute approximate surface area is 202 Å². The van der Waals surface area contributed by atoms with Crippen LogP contribution >= 0.6 is 0 Å². The molecule has 0 unspecified atom stereocenters. The molecule has 0 fully saturated rings. The quantitative estimate of drug-likeness (QED) is 0.286. The van der Waals surface area contributed by atoms with Crippen LogP contribution in [0.1, 0.15) is 5.56 Å². The van der Waals surface area contributed by atoms with Gasteiger partial charge >= 0.3 is 0 Å². The van der Waals surface area contributed by atoms with Crippen molar-refractivity contribution in [3.8, 4) is 22.8 Å². The van der Waals surface area contributed by atoms with Crippen LogP contribution in [0.4, 0.5) is 11.5 Å². The van der Waals surface area contributed by atoms with Crippen molar-refractivity contribution in [2.45, 2.75) is 6.92 Å². The number of fused-ring (bicyclic) bond motifs is 8. The molecule has 35 heavy (non-hydrogen) atoms. The molecule has 2 aliphatic rings. The van der Waals surface area contributed by atoms with E-state index in [1.54, 1.807) is 0 Å². The van der Waals surface area contributed by atoms with Crippen molar-refractivity contribution >= 4 is 56.5 Å². The lowest BCUT2D eigenvalue weighted by Crippen LogP contribution is -2.57. The van der Waals surface area contributed by atoms with E-state index in [0.29, 0.717) is 0 Å². The third-order valence-corrected chi connectivity index (χ3v) is 7.54. The average molecular weight is 454 g/mol. The molecule has 0 bridgehead atoms. The van der Waals surface area contributed by atoms with Gasteiger partial charge in [0.1, 0.15) is 24.2 Å². The zero-order valence-electron chi connectivity index (χ0n) is 19.3. The first-order valence-electron chi connectivity index (χ1n) is 11.9. The Morgan fingerprint density at radius 2 is 1.69 bits per heavy atom. The second kappa shape index (κ2) is 6.57. The highest BCUT2D eigenvalue weighted by Crippen LogP contribution is 2.42. The van der Waals surface area contributed by atoms with Gasteiger partial charge in [0.15, 0.2) is 17.5 Å². The van der Waals surface area contributed by atoms with Gasteiger partial charge in [-0.3, -0.25) is 0 Å². The molecule has 0 radical (unpaired) electrons. The summed E-state index contributed by atoms with van der Waals surface area (Å²) in [5.41, 5.74) is 9.74. The van der Waals surface area contributed by atoms with Crippen molar-refractivity contribution in [3.63, 3.8) is 0 Å². The van der Waals surface area contributed by atoms with E-state index >= 15 is 0 Å². The van der Waals surface area contributed by atoms with Gasteiger partial charge < -0.3 is 19.5 Å². The Bertz CT molecular complexity index is 1850. The van der Waals surface area contributed by atoms with Crippen LogP contribution in [0.5, 0.6) is 11.5 Å². The molecule has 5 nitrogen and oxygen atoms in total. The second-order valence-corrected chi connectivity index (χ2v) is 9.48. The molecule has 0 saturated heterocycles. The van der Waals surface area contributed by atoms with Crippen molar-refractivity contribution in [2.75, 3.05) is 5.32 Å². The lowest BCUT2D eigenvalue weighted by Gasteiger charge is -2.30. The fourth-order valence-electron chi connectivity index (χ4n) is 5.90. The summed E-state index contributed by atoms with van der Waals surface area (Å²) >= 11 is 0. The zero-order chi connectivity index (χ0) is 23.3. The summed E-state index contributed by atoms with van der Waals surface area (Å²) in [5, 5.41) is 5.69. The van der Waals surface area contributed by atoms with Crippen molar-refractivity contribution in [1.29, 1.82) is 0 Å². The number of hydrogen-bond donors (Lipinski definition) is 2. The summed E-state index contributed by atoms with van der Waals surface area (Å²) in [5.74, 6) is 2.64. The number of H-pyrrole nitrogens is 1. The molecule has 166 valence electrons. The van der Waals surface area contributed by atoms with Crippen LogP contribution in [0.25, 0.3) is 33.2 Å². The number of ether oxygens (including phenoxy) is 1. The van der Waals surface area contributed by atoms with Gasteiger partial charge in [-0.15, -0.1) is 0 Å². The summed E-state index contributed by atoms with van der Waals surface area (Å²) in [6.45, 7) is 2.22. The van der Waals surface area contributed by atoms with Gasteiger partial charge in [-0.05, 0) is 35.5 Å². The molecule has 3 aromatic heterocycles. The minimum absolute atomic E-state index is 0.0817. The van der Waals surface area contributed by atoms with Crippen LogP contribution in [0.3, 0.4) is 0 Å². The first kappa shape index (κ1) is 18.9. The molecular weight excluding hydrogens is 433 g/mol. The number of aromatic amines is 1. The maximum Gasteiger partial charge on any atom is 0.258 e. The third-order valence-electron chi connectivity index (χ3n) is 7.54. The summed E-state index contributed by atoms with van der Waals surface area (Å²) in [4.78, 5) is 3.37. The van der Waals surface area contributed by atoms with Gasteiger partial charge in [-0.25, -0.2) is 4.57 Å². The normalized spacial score (nSPS) is 13.3. The summed E-state index contributed by atoms with van der Waals surface area (Å²) < 4.78 is 15.4. The molecule has 5 heterocycles.